The Balaban J connectivity index is 1.21. The number of benzene rings is 4. The van der Waals surface area contributed by atoms with Gasteiger partial charge in [0.05, 0.1) is 100 Å². The van der Waals surface area contributed by atoms with Crippen molar-refractivity contribution in [1.82, 2.24) is 0 Å². The van der Waals surface area contributed by atoms with E-state index in [1.807, 2.05) is 34.1 Å². The van der Waals surface area contributed by atoms with Gasteiger partial charge in [0.2, 0.25) is 0 Å². The molecule has 2 atom stereocenters. The van der Waals surface area contributed by atoms with Crippen molar-refractivity contribution in [2.24, 2.45) is 11.8 Å². The van der Waals surface area contributed by atoms with Gasteiger partial charge in [-0.1, -0.05) is 205 Å². The minimum atomic E-state index is -0.474. The van der Waals surface area contributed by atoms with Crippen LogP contribution in [0.3, 0.4) is 0 Å². The molecule has 12 heteroatoms. The van der Waals surface area contributed by atoms with Gasteiger partial charge in [-0.15, -0.1) is 0 Å². The lowest BCUT2D eigenvalue weighted by Crippen LogP contribution is -2.35. The summed E-state index contributed by atoms with van der Waals surface area (Å²) in [6, 6.07) is 23.9. The molecule has 8 rings (SSSR count). The van der Waals surface area contributed by atoms with Crippen LogP contribution in [0.15, 0.2) is 72.8 Å². The molecule has 0 saturated heterocycles. The van der Waals surface area contributed by atoms with E-state index in [2.05, 4.69) is 106 Å². The van der Waals surface area contributed by atoms with Crippen molar-refractivity contribution in [2.75, 3.05) is 101 Å². The van der Waals surface area contributed by atoms with Crippen LogP contribution >= 0.6 is 0 Å². The first-order valence-electron chi connectivity index (χ1n) is 37.6. The number of hydrogen-bond acceptors (Lipinski definition) is 6. The molecule has 4 heterocycles. The Morgan fingerprint density at radius 1 is 0.298 bits per heavy atom. The van der Waals surface area contributed by atoms with Gasteiger partial charge >= 0.3 is 0 Å². The highest BCUT2D eigenvalue weighted by Gasteiger charge is 2.44. The molecule has 0 bridgehead atoms. The molecule has 4 aliphatic rings. The summed E-state index contributed by atoms with van der Waals surface area (Å²) in [7, 11) is 13.2. The first-order chi connectivity index (χ1) is 45.3. The number of amides is 4. The third-order valence-corrected chi connectivity index (χ3v) is 20.6. The smallest absolute Gasteiger partial charge is 0.299 e. The molecule has 94 heavy (non-hydrogen) atoms. The zero-order chi connectivity index (χ0) is 67.4. The summed E-state index contributed by atoms with van der Waals surface area (Å²) in [6.45, 7) is 13.2. The lowest BCUT2D eigenvalue weighted by atomic mass is 9.93. The zero-order valence-corrected chi connectivity index (χ0v) is 60.1. The lowest BCUT2D eigenvalue weighted by molar-refractivity contribution is -0.870. The topological polar surface area (TPSA) is 115 Å². The number of carbonyl (C=O) groups is 6. The second-order valence-electron chi connectivity index (χ2n) is 30.5. The number of rotatable bonds is 44. The van der Waals surface area contributed by atoms with Crippen molar-refractivity contribution in [2.45, 2.75) is 233 Å². The van der Waals surface area contributed by atoms with Crippen LogP contribution in [0.2, 0.25) is 0 Å². The van der Waals surface area contributed by atoms with Gasteiger partial charge < -0.3 is 28.6 Å². The van der Waals surface area contributed by atoms with Crippen LogP contribution in [0.25, 0.3) is 33.4 Å². The number of Topliss-reactive ketones (excluding diaryl/α,β-unsaturated/α-hetero) is 2. The molecule has 2 unspecified atom stereocenters. The van der Waals surface area contributed by atoms with E-state index in [1.54, 1.807) is 21.9 Å². The molecule has 4 aromatic rings. The largest absolute Gasteiger partial charge is 0.331 e. The Labute approximate surface area is 567 Å². The number of carbonyl (C=O) groups excluding carboxylic acids is 6. The maximum absolute atomic E-state index is 16.2. The van der Waals surface area contributed by atoms with Crippen LogP contribution in [0.4, 0.5) is 22.7 Å². The summed E-state index contributed by atoms with van der Waals surface area (Å²) in [5.41, 5.74) is 9.62. The van der Waals surface area contributed by atoms with Gasteiger partial charge in [-0.3, -0.25) is 28.8 Å². The zero-order valence-electron chi connectivity index (χ0n) is 60.1. The number of nitrogens with zero attached hydrogens (tertiary/aromatic N) is 6. The molecular formula is C82H120N6O6+2. The van der Waals surface area contributed by atoms with Crippen molar-refractivity contribution in [1.29, 1.82) is 0 Å². The number of quaternary nitrogens is 2. The average Bonchev–Trinajstić information content (AvgIpc) is 1.57. The molecule has 0 radical (unpaired) electrons. The molecule has 4 amide bonds. The molecular weight excluding hydrogens is 1160 g/mol. The highest BCUT2D eigenvalue weighted by molar-refractivity contribution is 6.53. The van der Waals surface area contributed by atoms with Gasteiger partial charge in [-0.25, -0.2) is 0 Å². The number of unbranched alkanes of at least 4 members (excludes halogenated alkanes) is 22. The van der Waals surface area contributed by atoms with Crippen LogP contribution in [0, 0.1) is 11.8 Å². The summed E-state index contributed by atoms with van der Waals surface area (Å²) < 4.78 is 1.83. The Bertz CT molecular complexity index is 3040. The number of anilines is 4. The second-order valence-corrected chi connectivity index (χ2v) is 30.5. The molecule has 512 valence electrons. The Hall–Kier alpha value is -6.24. The maximum Gasteiger partial charge on any atom is 0.299 e. The Morgan fingerprint density at radius 2 is 0.564 bits per heavy atom. The molecule has 0 N–H and O–H groups in total. The monoisotopic (exact) mass is 1280 g/mol. The predicted molar refractivity (Wildman–Crippen MR) is 392 cm³/mol. The average molecular weight is 1290 g/mol. The fourth-order valence-electron chi connectivity index (χ4n) is 15.0. The highest BCUT2D eigenvalue weighted by Crippen LogP contribution is 2.50. The van der Waals surface area contributed by atoms with Crippen LogP contribution in [-0.2, 0) is 19.2 Å². The normalized spacial score (nSPS) is 16.1. The van der Waals surface area contributed by atoms with Gasteiger partial charge in [0.1, 0.15) is 0 Å². The second kappa shape index (κ2) is 35.7. The van der Waals surface area contributed by atoms with E-state index >= 15 is 9.59 Å². The third kappa shape index (κ3) is 19.5. The number of ketones is 2. The van der Waals surface area contributed by atoms with Crippen LogP contribution in [0.5, 0.6) is 0 Å². The summed E-state index contributed by atoms with van der Waals surface area (Å²) in [6.07, 6.45) is 35.6. The molecule has 0 fully saturated rings. The lowest BCUT2D eigenvalue weighted by Gasteiger charge is -2.25. The SMILES string of the molecule is CCCCCCCCC(CCCCCC)CN1C(=O)/C(=C2/C(=O)N(CC(CCCCCC)CCCCCCCC)c3cc(-c4ccc5c(c4)N(CCCCCC[N+](C)(C)C)C(=O)C5=O)ccc32)c2ccc(-c3ccc4c(c3)N(CCCCCC[N+](C)(C)C)C(=O)C4=O)cc21. The van der Waals surface area contributed by atoms with E-state index in [9.17, 15) is 19.2 Å². The Kier molecular flexibility index (Phi) is 27.9. The summed E-state index contributed by atoms with van der Waals surface area (Å²) >= 11 is 0. The van der Waals surface area contributed by atoms with E-state index in [0.29, 0.717) is 59.8 Å². The summed E-state index contributed by atoms with van der Waals surface area (Å²) in [4.78, 5) is 94.2. The summed E-state index contributed by atoms with van der Waals surface area (Å²) in [5, 5.41) is 0. The molecule has 4 aliphatic heterocycles. The molecule has 0 aliphatic carbocycles. The molecule has 0 aromatic heterocycles. The quantitative estimate of drug-likeness (QED) is 0.0189. The van der Waals surface area contributed by atoms with Crippen molar-refractivity contribution in [3.63, 3.8) is 0 Å². The van der Waals surface area contributed by atoms with Crippen LogP contribution in [0.1, 0.15) is 265 Å². The van der Waals surface area contributed by atoms with Crippen molar-refractivity contribution < 1.29 is 37.7 Å². The van der Waals surface area contributed by atoms with Gasteiger partial charge in [-0.05, 0) is 135 Å². The van der Waals surface area contributed by atoms with Gasteiger partial charge in [-0.2, -0.15) is 0 Å². The first kappa shape index (κ1) is 73.6. The van der Waals surface area contributed by atoms with E-state index in [-0.39, 0.29) is 23.7 Å². The Morgan fingerprint density at radius 3 is 0.883 bits per heavy atom. The predicted octanol–water partition coefficient (Wildman–Crippen LogP) is 18.9. The fourth-order valence-corrected chi connectivity index (χ4v) is 15.0. The van der Waals surface area contributed by atoms with E-state index in [4.69, 9.17) is 0 Å². The molecule has 0 saturated carbocycles. The van der Waals surface area contributed by atoms with Crippen LogP contribution < -0.4 is 19.6 Å². The van der Waals surface area contributed by atoms with E-state index in [1.165, 1.54) is 77.0 Å². The number of hydrogen-bond donors (Lipinski definition) is 0. The standard InChI is InChI=1S/C82H120N6O6/c1-11-15-19-23-25-33-41-61(39-31-21-17-13-3)59-85-71-55-63(65-45-49-69-73(57-65)83(81(93)77(69)89)51-35-27-29-37-53-87(5,6)7)43-47-67(71)75(79(85)91)76-68-48-44-64(56-72(68)86(80(76)92)60-62(40-32-22-18-14-4)42-34-26-24-20-16-12-2)66-46-50-70-74(58-66)84(82(94)78(70)90)52-36-28-30-38-54-88(8,9)10/h43-50,55-58,61-62H,11-42,51-54,59-60H2,1-10H3/q+2/b76-75+. The van der Waals surface area contributed by atoms with E-state index in [0.717, 1.165) is 195 Å². The molecule has 12 nitrogen and oxygen atoms in total. The summed E-state index contributed by atoms with van der Waals surface area (Å²) in [5.74, 6) is -1.64. The third-order valence-electron chi connectivity index (χ3n) is 20.6. The fraction of sp³-hybridized carbons (Fsp3) is 0.610. The number of fused-ring (bicyclic) bond motifs is 4. The minimum absolute atomic E-state index is 0.142. The highest BCUT2D eigenvalue weighted by atomic mass is 16.2. The first-order valence-corrected chi connectivity index (χ1v) is 37.6. The van der Waals surface area contributed by atoms with Crippen molar-refractivity contribution >= 4 is 69.1 Å². The molecule has 0 spiro atoms. The maximum atomic E-state index is 16.2. The minimum Gasteiger partial charge on any atom is -0.331 e. The van der Waals surface area contributed by atoms with Crippen LogP contribution in [-0.4, -0.2) is 126 Å². The van der Waals surface area contributed by atoms with E-state index < -0.39 is 23.4 Å². The molecule has 4 aromatic carbocycles. The van der Waals surface area contributed by atoms with Gasteiger partial charge in [0.15, 0.2) is 0 Å². The van der Waals surface area contributed by atoms with Gasteiger partial charge in [0.25, 0.3) is 35.2 Å². The van der Waals surface area contributed by atoms with Gasteiger partial charge in [0, 0.05) is 37.3 Å². The van der Waals surface area contributed by atoms with Crippen molar-refractivity contribution in [3.8, 4) is 22.3 Å². The van der Waals surface area contributed by atoms with Crippen molar-refractivity contribution in [3.05, 3.63) is 95.1 Å².